The van der Waals surface area contributed by atoms with Gasteiger partial charge in [0.2, 0.25) is 0 Å². The van der Waals surface area contributed by atoms with Crippen molar-refractivity contribution in [2.75, 3.05) is 12.4 Å². The molecule has 78 valence electrons. The van der Waals surface area contributed by atoms with Crippen molar-refractivity contribution in [3.05, 3.63) is 22.9 Å². The molecule has 1 rings (SSSR count). The highest BCUT2D eigenvalue weighted by Crippen LogP contribution is 2.34. The van der Waals surface area contributed by atoms with Crippen molar-refractivity contribution in [2.24, 2.45) is 0 Å². The second-order valence-corrected chi connectivity index (χ2v) is 3.03. The predicted molar refractivity (Wildman–Crippen MR) is 48.3 cm³/mol. The van der Waals surface area contributed by atoms with E-state index in [1.54, 1.807) is 7.05 Å². The summed E-state index contributed by atoms with van der Waals surface area (Å²) in [4.78, 5) is 3.79. The van der Waals surface area contributed by atoms with E-state index in [1.165, 1.54) is 19.9 Å². The minimum atomic E-state index is -4.33. The summed E-state index contributed by atoms with van der Waals surface area (Å²) in [6.45, 7) is 2.79. The first-order valence-electron chi connectivity index (χ1n) is 4.09. The molecule has 0 unspecified atom stereocenters. The summed E-state index contributed by atoms with van der Waals surface area (Å²) in [5, 5.41) is 2.71. The molecule has 0 radical (unpaired) electrons. The third kappa shape index (κ3) is 1.97. The molecule has 1 aromatic rings. The molecule has 1 N–H and O–H groups in total. The van der Waals surface area contributed by atoms with Crippen molar-refractivity contribution in [1.29, 1.82) is 0 Å². The standard InChI is InChI=1S/C9H11F3N2/c1-5-4-7(13-3)14-6(2)8(5)9(10,11)12/h4H,1-3H3,(H,13,14). The molecule has 0 aromatic carbocycles. The van der Waals surface area contributed by atoms with Gasteiger partial charge in [0, 0.05) is 7.05 Å². The summed E-state index contributed by atoms with van der Waals surface area (Å²) in [7, 11) is 1.62. The topological polar surface area (TPSA) is 24.9 Å². The molecule has 1 aromatic heterocycles. The molecule has 0 amide bonds. The number of anilines is 1. The van der Waals surface area contributed by atoms with E-state index in [0.29, 0.717) is 5.82 Å². The van der Waals surface area contributed by atoms with Gasteiger partial charge in [0.25, 0.3) is 0 Å². The fourth-order valence-electron chi connectivity index (χ4n) is 1.39. The van der Waals surface area contributed by atoms with E-state index in [4.69, 9.17) is 0 Å². The molecular weight excluding hydrogens is 193 g/mol. The molecule has 0 aliphatic carbocycles. The zero-order valence-corrected chi connectivity index (χ0v) is 8.16. The predicted octanol–water partition coefficient (Wildman–Crippen LogP) is 2.76. The zero-order valence-electron chi connectivity index (χ0n) is 8.16. The lowest BCUT2D eigenvalue weighted by molar-refractivity contribution is -0.138. The van der Waals surface area contributed by atoms with E-state index in [1.807, 2.05) is 0 Å². The van der Waals surface area contributed by atoms with Crippen LogP contribution in [0.1, 0.15) is 16.8 Å². The highest BCUT2D eigenvalue weighted by Gasteiger charge is 2.35. The van der Waals surface area contributed by atoms with Gasteiger partial charge in [0.05, 0.1) is 11.3 Å². The van der Waals surface area contributed by atoms with E-state index >= 15 is 0 Å². The van der Waals surface area contributed by atoms with Crippen molar-refractivity contribution in [3.63, 3.8) is 0 Å². The lowest BCUT2D eigenvalue weighted by Gasteiger charge is -2.13. The first-order valence-corrected chi connectivity index (χ1v) is 4.09. The van der Waals surface area contributed by atoms with Crippen LogP contribution in [0.3, 0.4) is 0 Å². The number of hydrogen-bond acceptors (Lipinski definition) is 2. The molecule has 2 nitrogen and oxygen atoms in total. The van der Waals surface area contributed by atoms with E-state index < -0.39 is 11.7 Å². The van der Waals surface area contributed by atoms with Crippen LogP contribution in [0, 0.1) is 13.8 Å². The highest BCUT2D eigenvalue weighted by atomic mass is 19.4. The second-order valence-electron chi connectivity index (χ2n) is 3.03. The Bertz CT molecular complexity index is 321. The zero-order chi connectivity index (χ0) is 10.9. The number of aryl methyl sites for hydroxylation is 2. The van der Waals surface area contributed by atoms with E-state index in [0.717, 1.165) is 0 Å². The smallest absolute Gasteiger partial charge is 0.373 e. The monoisotopic (exact) mass is 204 g/mol. The Morgan fingerprint density at radius 1 is 1.29 bits per heavy atom. The minimum absolute atomic E-state index is 0.00171. The van der Waals surface area contributed by atoms with Gasteiger partial charge in [-0.25, -0.2) is 4.98 Å². The summed E-state index contributed by atoms with van der Waals surface area (Å²) in [5.41, 5.74) is -0.451. The number of hydrogen-bond donors (Lipinski definition) is 1. The second kappa shape index (κ2) is 3.48. The summed E-state index contributed by atoms with van der Waals surface area (Å²) in [5.74, 6) is 0.452. The maximum absolute atomic E-state index is 12.5. The molecule has 0 bridgehead atoms. The van der Waals surface area contributed by atoms with Gasteiger partial charge in [-0.15, -0.1) is 0 Å². The molecule has 0 aliphatic heterocycles. The molecule has 0 fully saturated rings. The number of halogens is 3. The Morgan fingerprint density at radius 3 is 2.21 bits per heavy atom. The number of nitrogens with zero attached hydrogens (tertiary/aromatic N) is 1. The van der Waals surface area contributed by atoms with Gasteiger partial charge in [-0.05, 0) is 25.5 Å². The lowest BCUT2D eigenvalue weighted by atomic mass is 10.1. The number of aromatic nitrogens is 1. The number of nitrogens with one attached hydrogen (secondary N) is 1. The van der Waals surface area contributed by atoms with E-state index in [-0.39, 0.29) is 11.3 Å². The quantitative estimate of drug-likeness (QED) is 0.760. The van der Waals surface area contributed by atoms with Crippen LogP contribution in [0.15, 0.2) is 6.07 Å². The van der Waals surface area contributed by atoms with Gasteiger partial charge >= 0.3 is 6.18 Å². The largest absolute Gasteiger partial charge is 0.418 e. The summed E-state index contributed by atoms with van der Waals surface area (Å²) >= 11 is 0. The Morgan fingerprint density at radius 2 is 1.86 bits per heavy atom. The first-order chi connectivity index (χ1) is 6.36. The van der Waals surface area contributed by atoms with Crippen LogP contribution in [0.25, 0.3) is 0 Å². The van der Waals surface area contributed by atoms with Crippen LogP contribution in [0.4, 0.5) is 19.0 Å². The summed E-state index contributed by atoms with van der Waals surface area (Å²) in [6, 6.07) is 1.38. The van der Waals surface area contributed by atoms with Gasteiger partial charge in [0.1, 0.15) is 5.82 Å². The van der Waals surface area contributed by atoms with Crippen LogP contribution in [0.5, 0.6) is 0 Å². The Hall–Kier alpha value is -1.26. The van der Waals surface area contributed by atoms with E-state index in [2.05, 4.69) is 10.3 Å². The fourth-order valence-corrected chi connectivity index (χ4v) is 1.39. The molecule has 14 heavy (non-hydrogen) atoms. The molecule has 5 heteroatoms. The maximum atomic E-state index is 12.5. The average Bonchev–Trinajstić information content (AvgIpc) is 1.99. The number of pyridine rings is 1. The highest BCUT2D eigenvalue weighted by molar-refractivity contribution is 5.44. The molecule has 0 saturated heterocycles. The van der Waals surface area contributed by atoms with Gasteiger partial charge in [0.15, 0.2) is 0 Å². The van der Waals surface area contributed by atoms with Crippen molar-refractivity contribution < 1.29 is 13.2 Å². The van der Waals surface area contributed by atoms with Gasteiger partial charge < -0.3 is 5.32 Å². The average molecular weight is 204 g/mol. The van der Waals surface area contributed by atoms with Gasteiger partial charge in [-0.2, -0.15) is 13.2 Å². The Kier molecular flexibility index (Phi) is 2.69. The van der Waals surface area contributed by atoms with Crippen LogP contribution in [0.2, 0.25) is 0 Å². The van der Waals surface area contributed by atoms with Crippen LogP contribution >= 0.6 is 0 Å². The van der Waals surface area contributed by atoms with Gasteiger partial charge in [-0.3, -0.25) is 0 Å². The third-order valence-electron chi connectivity index (χ3n) is 1.94. The number of alkyl halides is 3. The van der Waals surface area contributed by atoms with Gasteiger partial charge in [-0.1, -0.05) is 0 Å². The fraction of sp³-hybridized carbons (Fsp3) is 0.444. The molecule has 0 saturated carbocycles. The molecule has 1 heterocycles. The van der Waals surface area contributed by atoms with Crippen LogP contribution < -0.4 is 5.32 Å². The van der Waals surface area contributed by atoms with Crippen LogP contribution in [-0.4, -0.2) is 12.0 Å². The minimum Gasteiger partial charge on any atom is -0.373 e. The lowest BCUT2D eigenvalue weighted by Crippen LogP contribution is -2.12. The summed E-state index contributed by atoms with van der Waals surface area (Å²) in [6.07, 6.45) is -4.33. The normalized spacial score (nSPS) is 11.6. The van der Waals surface area contributed by atoms with E-state index in [9.17, 15) is 13.2 Å². The molecular formula is C9H11F3N2. The third-order valence-corrected chi connectivity index (χ3v) is 1.94. The van der Waals surface area contributed by atoms with Crippen molar-refractivity contribution >= 4 is 5.82 Å². The van der Waals surface area contributed by atoms with Crippen molar-refractivity contribution in [3.8, 4) is 0 Å². The first kappa shape index (κ1) is 10.8. The SMILES string of the molecule is CNc1cc(C)c(C(F)(F)F)c(C)n1. The summed E-state index contributed by atoms with van der Waals surface area (Å²) < 4.78 is 37.5. The Balaban J connectivity index is 3.33. The Labute approximate surface area is 80.2 Å². The molecule has 0 spiro atoms. The molecule has 0 atom stereocenters. The van der Waals surface area contributed by atoms with Crippen molar-refractivity contribution in [2.45, 2.75) is 20.0 Å². The maximum Gasteiger partial charge on any atom is 0.418 e. The molecule has 0 aliphatic rings. The van der Waals surface area contributed by atoms with Crippen molar-refractivity contribution in [1.82, 2.24) is 4.98 Å². The van der Waals surface area contributed by atoms with Crippen LogP contribution in [-0.2, 0) is 6.18 Å². The number of rotatable bonds is 1.